The van der Waals surface area contributed by atoms with Gasteiger partial charge in [0.1, 0.15) is 12.4 Å². The van der Waals surface area contributed by atoms with E-state index in [0.717, 1.165) is 32.7 Å². The van der Waals surface area contributed by atoms with Crippen LogP contribution in [0.3, 0.4) is 0 Å². The smallest absolute Gasteiger partial charge is 0.236 e. The van der Waals surface area contributed by atoms with Crippen LogP contribution in [0.1, 0.15) is 5.56 Å². The number of halogens is 1. The summed E-state index contributed by atoms with van der Waals surface area (Å²) in [5, 5.41) is 17.9. The number of nitrogens with zero attached hydrogens (tertiary/aromatic N) is 4. The number of ether oxygens (including phenoxy) is 1. The molecule has 0 saturated carbocycles. The molecule has 2 aromatic heterocycles. The largest absolute Gasteiger partial charge is 0.489 e. The third-order valence-corrected chi connectivity index (χ3v) is 5.66. The molecule has 0 aliphatic carbocycles. The molecule has 0 amide bonds. The second-order valence-electron chi connectivity index (χ2n) is 6.52. The van der Waals surface area contributed by atoms with Gasteiger partial charge in [-0.05, 0) is 42.5 Å². The fourth-order valence-corrected chi connectivity index (χ4v) is 3.92. The summed E-state index contributed by atoms with van der Waals surface area (Å²) in [5.41, 5.74) is 2.83. The van der Waals surface area contributed by atoms with E-state index in [0.29, 0.717) is 17.5 Å². The molecule has 5 aromatic rings. The summed E-state index contributed by atoms with van der Waals surface area (Å²) in [7, 11) is 0. The Morgan fingerprint density at radius 2 is 1.67 bits per heavy atom. The van der Waals surface area contributed by atoms with Gasteiger partial charge in [0, 0.05) is 21.8 Å². The van der Waals surface area contributed by atoms with E-state index in [1.165, 1.54) is 11.3 Å². The molecule has 3 aromatic carbocycles. The van der Waals surface area contributed by atoms with Crippen LogP contribution < -0.4 is 10.1 Å². The summed E-state index contributed by atoms with van der Waals surface area (Å²) < 4.78 is 7.60. The van der Waals surface area contributed by atoms with E-state index in [2.05, 4.69) is 20.6 Å². The number of rotatable bonds is 6. The van der Waals surface area contributed by atoms with Gasteiger partial charge in [-0.3, -0.25) is 0 Å². The third-order valence-electron chi connectivity index (χ3n) is 4.48. The molecule has 148 valence electrons. The fraction of sp³-hybridized carbons (Fsp3) is 0.0455. The zero-order valence-corrected chi connectivity index (χ0v) is 17.3. The quantitative estimate of drug-likeness (QED) is 0.365. The number of anilines is 2. The first-order chi connectivity index (χ1) is 14.8. The molecule has 0 aliphatic heterocycles. The highest BCUT2D eigenvalue weighted by Gasteiger charge is 2.14. The minimum absolute atomic E-state index is 0.412. The van der Waals surface area contributed by atoms with Crippen molar-refractivity contribution in [1.29, 1.82) is 0 Å². The molecule has 2 heterocycles. The van der Waals surface area contributed by atoms with E-state index in [1.807, 2.05) is 78.9 Å². The summed E-state index contributed by atoms with van der Waals surface area (Å²) >= 11 is 7.63. The highest BCUT2D eigenvalue weighted by Crippen LogP contribution is 2.27. The van der Waals surface area contributed by atoms with E-state index in [4.69, 9.17) is 16.3 Å². The molecular formula is C22H16ClN5OS. The molecule has 0 bridgehead atoms. The number of nitrogens with one attached hydrogen (secondary N) is 1. The molecule has 6 nitrogen and oxygen atoms in total. The number of benzene rings is 3. The molecule has 0 atom stereocenters. The maximum absolute atomic E-state index is 6.18. The average molecular weight is 434 g/mol. The summed E-state index contributed by atoms with van der Waals surface area (Å²) in [6.45, 7) is 0.412. The second-order valence-corrected chi connectivity index (χ2v) is 7.88. The maximum atomic E-state index is 6.18. The minimum Gasteiger partial charge on any atom is -0.489 e. The SMILES string of the molecule is Clc1ccccc1COc1ccc(-c2nnc3sc(Nc4ccccc4)nn23)cc1. The average Bonchev–Trinajstić information content (AvgIpc) is 3.35. The van der Waals surface area contributed by atoms with Crippen molar-refractivity contribution in [2.45, 2.75) is 6.61 Å². The third kappa shape index (κ3) is 3.85. The minimum atomic E-state index is 0.412. The number of hydrogen-bond donors (Lipinski definition) is 1. The van der Waals surface area contributed by atoms with Gasteiger partial charge < -0.3 is 10.1 Å². The monoisotopic (exact) mass is 433 g/mol. The summed E-state index contributed by atoms with van der Waals surface area (Å²) in [4.78, 5) is 0.725. The zero-order chi connectivity index (χ0) is 20.3. The van der Waals surface area contributed by atoms with Gasteiger partial charge in [0.25, 0.3) is 0 Å². The van der Waals surface area contributed by atoms with Gasteiger partial charge >= 0.3 is 0 Å². The Bertz CT molecular complexity index is 1280. The van der Waals surface area contributed by atoms with E-state index in [-0.39, 0.29) is 0 Å². The van der Waals surface area contributed by atoms with Crippen LogP contribution in [-0.4, -0.2) is 19.8 Å². The lowest BCUT2D eigenvalue weighted by Crippen LogP contribution is -1.96. The summed E-state index contributed by atoms with van der Waals surface area (Å²) in [5.74, 6) is 1.43. The van der Waals surface area contributed by atoms with Gasteiger partial charge in [-0.25, -0.2) is 0 Å². The van der Waals surface area contributed by atoms with Crippen LogP contribution in [0.2, 0.25) is 5.02 Å². The number of hydrogen-bond acceptors (Lipinski definition) is 6. The topological polar surface area (TPSA) is 64.3 Å². The van der Waals surface area contributed by atoms with Crippen molar-refractivity contribution in [1.82, 2.24) is 19.8 Å². The van der Waals surface area contributed by atoms with Gasteiger partial charge in [0.15, 0.2) is 5.82 Å². The van der Waals surface area contributed by atoms with E-state index < -0.39 is 0 Å². The Kier molecular flexibility index (Phi) is 5.04. The Balaban J connectivity index is 1.33. The van der Waals surface area contributed by atoms with Gasteiger partial charge in [-0.1, -0.05) is 59.3 Å². The van der Waals surface area contributed by atoms with Crippen molar-refractivity contribution in [3.8, 4) is 17.1 Å². The lowest BCUT2D eigenvalue weighted by Gasteiger charge is -2.08. The molecule has 0 fully saturated rings. The normalized spacial score (nSPS) is 11.0. The first-order valence-corrected chi connectivity index (χ1v) is 10.5. The highest BCUT2D eigenvalue weighted by molar-refractivity contribution is 7.20. The Morgan fingerprint density at radius 3 is 2.47 bits per heavy atom. The van der Waals surface area contributed by atoms with Gasteiger partial charge in [0.05, 0.1) is 0 Å². The molecule has 0 spiro atoms. The lowest BCUT2D eigenvalue weighted by atomic mass is 10.2. The lowest BCUT2D eigenvalue weighted by molar-refractivity contribution is 0.306. The maximum Gasteiger partial charge on any atom is 0.236 e. The van der Waals surface area contributed by atoms with Crippen molar-refractivity contribution < 1.29 is 4.74 Å². The number of para-hydroxylation sites is 1. The van der Waals surface area contributed by atoms with Crippen LogP contribution in [0, 0.1) is 0 Å². The van der Waals surface area contributed by atoms with Crippen LogP contribution in [0.5, 0.6) is 5.75 Å². The molecule has 8 heteroatoms. The van der Waals surface area contributed by atoms with E-state index in [1.54, 1.807) is 4.52 Å². The molecular weight excluding hydrogens is 418 g/mol. The molecule has 0 aliphatic rings. The molecule has 0 unspecified atom stereocenters. The van der Waals surface area contributed by atoms with Crippen LogP contribution in [0.25, 0.3) is 16.3 Å². The first-order valence-electron chi connectivity index (χ1n) is 9.27. The molecule has 1 N–H and O–H groups in total. The van der Waals surface area contributed by atoms with Crippen LogP contribution in [0.15, 0.2) is 78.9 Å². The predicted octanol–water partition coefficient (Wildman–Crippen LogP) is 5.83. The Hall–Kier alpha value is -3.42. The van der Waals surface area contributed by atoms with Crippen molar-refractivity contribution in [3.63, 3.8) is 0 Å². The molecule has 0 radical (unpaired) electrons. The van der Waals surface area contributed by atoms with Gasteiger partial charge in [0.2, 0.25) is 10.1 Å². The van der Waals surface area contributed by atoms with Crippen molar-refractivity contribution >= 4 is 38.7 Å². The van der Waals surface area contributed by atoms with Gasteiger partial charge in [-0.2, -0.15) is 4.52 Å². The molecule has 5 rings (SSSR count). The standard InChI is InChI=1S/C22H16ClN5OS/c23-19-9-5-4-6-16(19)14-29-18-12-10-15(11-13-18)20-25-26-22-28(20)27-21(30-22)24-17-7-2-1-3-8-17/h1-13H,14H2,(H,24,27). The van der Waals surface area contributed by atoms with Crippen molar-refractivity contribution in [3.05, 3.63) is 89.4 Å². The van der Waals surface area contributed by atoms with E-state index in [9.17, 15) is 0 Å². The van der Waals surface area contributed by atoms with Gasteiger partial charge in [-0.15, -0.1) is 15.3 Å². The summed E-state index contributed by atoms with van der Waals surface area (Å²) in [6, 6.07) is 25.3. The van der Waals surface area contributed by atoms with Crippen molar-refractivity contribution in [2.24, 2.45) is 0 Å². The van der Waals surface area contributed by atoms with Crippen molar-refractivity contribution in [2.75, 3.05) is 5.32 Å². The molecule has 0 saturated heterocycles. The number of fused-ring (bicyclic) bond motifs is 1. The Morgan fingerprint density at radius 1 is 0.900 bits per heavy atom. The highest BCUT2D eigenvalue weighted by atomic mass is 35.5. The molecule has 30 heavy (non-hydrogen) atoms. The second kappa shape index (κ2) is 8.14. The Labute approximate surface area is 181 Å². The fourth-order valence-electron chi connectivity index (χ4n) is 2.97. The van der Waals surface area contributed by atoms with E-state index >= 15 is 0 Å². The first kappa shape index (κ1) is 18.6. The van der Waals surface area contributed by atoms with Crippen LogP contribution in [-0.2, 0) is 6.61 Å². The summed E-state index contributed by atoms with van der Waals surface area (Å²) in [6.07, 6.45) is 0. The van der Waals surface area contributed by atoms with Crippen LogP contribution in [0.4, 0.5) is 10.8 Å². The predicted molar refractivity (Wildman–Crippen MR) is 120 cm³/mol. The van der Waals surface area contributed by atoms with Crippen LogP contribution >= 0.6 is 22.9 Å². The zero-order valence-electron chi connectivity index (χ0n) is 15.7. The number of aromatic nitrogens is 4.